The smallest absolute Gasteiger partial charge is 0.158 e. The van der Waals surface area contributed by atoms with Gasteiger partial charge in [-0.1, -0.05) is 119 Å². The average Bonchev–Trinajstić information content (AvgIpc) is 3.69. The lowest BCUT2D eigenvalue weighted by Crippen LogP contribution is -2.31. The Balaban J connectivity index is 1.19. The fourth-order valence-corrected chi connectivity index (χ4v) is 8.11. The Morgan fingerprint density at radius 2 is 1.18 bits per heavy atom. The van der Waals surface area contributed by atoms with Gasteiger partial charge in [0, 0.05) is 41.0 Å². The molecule has 0 amide bonds. The Morgan fingerprint density at radius 3 is 1.86 bits per heavy atom. The van der Waals surface area contributed by atoms with Gasteiger partial charge in [0.1, 0.15) is 24.0 Å². The molecule has 0 atom stereocenters. The van der Waals surface area contributed by atoms with Crippen LogP contribution in [0.4, 0.5) is 22.9 Å². The Bertz CT molecular complexity index is 2610. The molecular weight excluding hydrogens is 699 g/mol. The molecule has 0 unspecified atom stereocenters. The minimum absolute atomic E-state index is 0.000664. The molecule has 6 heteroatoms. The van der Waals surface area contributed by atoms with Crippen LogP contribution in [0.15, 0.2) is 116 Å². The number of benzene rings is 4. The van der Waals surface area contributed by atoms with Crippen molar-refractivity contribution in [1.82, 2.24) is 14.5 Å². The Labute approximate surface area is 339 Å². The Kier molecular flexibility index (Phi) is 9.06. The Morgan fingerprint density at radius 1 is 0.509 bits per heavy atom. The lowest BCUT2D eigenvalue weighted by Gasteiger charge is -2.37. The van der Waals surface area contributed by atoms with Crippen LogP contribution in [0.1, 0.15) is 105 Å². The summed E-state index contributed by atoms with van der Waals surface area (Å²) in [5.41, 5.74) is 10.7. The molecule has 4 aromatic carbocycles. The van der Waals surface area contributed by atoms with Crippen molar-refractivity contribution in [3.8, 4) is 17.3 Å². The van der Waals surface area contributed by atoms with Gasteiger partial charge in [-0.15, -0.1) is 0 Å². The van der Waals surface area contributed by atoms with E-state index in [2.05, 4.69) is 188 Å². The third-order valence-electron chi connectivity index (χ3n) is 11.3. The second kappa shape index (κ2) is 13.5. The summed E-state index contributed by atoms with van der Waals surface area (Å²) in [6, 6.07) is 36.8. The van der Waals surface area contributed by atoms with E-state index in [-0.39, 0.29) is 21.7 Å². The molecule has 0 saturated carbocycles. The fourth-order valence-electron chi connectivity index (χ4n) is 8.11. The molecule has 4 heterocycles. The van der Waals surface area contributed by atoms with E-state index in [1.54, 1.807) is 0 Å². The minimum Gasteiger partial charge on any atom is -0.457 e. The standard InChI is InChI=1S/C51H57N5O/c1-48(2,3)33-24-26-52-45(29-33)56-42-20-14-13-19-38(42)39-23-22-37(31-44(39)56)57-36-18-15-17-35(30-36)54-32-55(47-43(54)21-16-25-53-47)46-40(50(7,8)9)27-34(49(4,5)6)28-41(46)51(10,11)12/h13-31H,32H2,1-12H3. The second-order valence-corrected chi connectivity index (χ2v) is 19.8. The third kappa shape index (κ3) is 7.04. The highest BCUT2D eigenvalue weighted by molar-refractivity contribution is 6.09. The molecule has 0 saturated heterocycles. The van der Waals surface area contributed by atoms with Gasteiger partial charge in [-0.3, -0.25) is 4.57 Å². The van der Waals surface area contributed by atoms with Crippen molar-refractivity contribution in [3.63, 3.8) is 0 Å². The summed E-state index contributed by atoms with van der Waals surface area (Å²) >= 11 is 0. The molecule has 57 heavy (non-hydrogen) atoms. The molecule has 8 rings (SSSR count). The van der Waals surface area contributed by atoms with E-state index in [9.17, 15) is 0 Å². The van der Waals surface area contributed by atoms with Gasteiger partial charge in [0.2, 0.25) is 0 Å². The zero-order chi connectivity index (χ0) is 40.7. The molecule has 7 aromatic rings. The molecule has 1 aliphatic rings. The van der Waals surface area contributed by atoms with Gasteiger partial charge in [-0.2, -0.15) is 0 Å². The summed E-state index contributed by atoms with van der Waals surface area (Å²) in [6.45, 7) is 28.2. The van der Waals surface area contributed by atoms with Crippen LogP contribution < -0.4 is 14.5 Å². The van der Waals surface area contributed by atoms with Crippen molar-refractivity contribution in [2.24, 2.45) is 0 Å². The SMILES string of the molecule is CC(C)(C)c1ccnc(-n2c3ccccc3c3ccc(Oc4cccc(N5CN(c6c(C(C)(C)C)cc(C(C)(C)C)cc6C(C)(C)C)c6ncccc65)c4)cc32)c1. The molecule has 0 radical (unpaired) electrons. The summed E-state index contributed by atoms with van der Waals surface area (Å²) in [5, 5.41) is 2.35. The third-order valence-corrected chi connectivity index (χ3v) is 11.3. The number of hydrogen-bond donors (Lipinski definition) is 0. The first kappa shape index (κ1) is 38.3. The molecule has 1 aliphatic heterocycles. The number of nitrogens with zero attached hydrogens (tertiary/aromatic N) is 5. The van der Waals surface area contributed by atoms with Crippen molar-refractivity contribution in [2.75, 3.05) is 16.5 Å². The number of para-hydroxylation sites is 1. The maximum atomic E-state index is 6.73. The highest BCUT2D eigenvalue weighted by atomic mass is 16.5. The number of anilines is 4. The lowest BCUT2D eigenvalue weighted by molar-refractivity contribution is 0.483. The number of rotatable bonds is 5. The van der Waals surface area contributed by atoms with Crippen molar-refractivity contribution in [2.45, 2.75) is 105 Å². The first-order chi connectivity index (χ1) is 26.8. The van der Waals surface area contributed by atoms with Crippen molar-refractivity contribution >= 4 is 44.7 Å². The van der Waals surface area contributed by atoms with Gasteiger partial charge in [0.15, 0.2) is 5.82 Å². The summed E-state index contributed by atoms with van der Waals surface area (Å²) in [6.07, 6.45) is 3.83. The number of fused-ring (bicyclic) bond motifs is 4. The normalized spacial score (nSPS) is 13.8. The minimum atomic E-state index is -0.0923. The van der Waals surface area contributed by atoms with Crippen molar-refractivity contribution in [1.29, 1.82) is 0 Å². The average molecular weight is 756 g/mol. The van der Waals surface area contributed by atoms with Crippen LogP contribution in [0.2, 0.25) is 0 Å². The predicted octanol–water partition coefficient (Wildman–Crippen LogP) is 13.8. The molecule has 6 nitrogen and oxygen atoms in total. The van der Waals surface area contributed by atoms with Crippen molar-refractivity contribution < 1.29 is 4.74 Å². The highest BCUT2D eigenvalue weighted by Gasteiger charge is 2.37. The van der Waals surface area contributed by atoms with E-state index in [0.717, 1.165) is 50.9 Å². The van der Waals surface area contributed by atoms with E-state index in [1.165, 1.54) is 33.3 Å². The maximum Gasteiger partial charge on any atom is 0.158 e. The quantitative estimate of drug-likeness (QED) is 0.175. The number of aromatic nitrogens is 3. The van der Waals surface area contributed by atoms with Gasteiger partial charge in [-0.05, 0) is 98.5 Å². The van der Waals surface area contributed by atoms with Crippen LogP contribution in [-0.4, -0.2) is 21.2 Å². The molecule has 3 aromatic heterocycles. The van der Waals surface area contributed by atoms with Gasteiger partial charge in [0.05, 0.1) is 22.4 Å². The number of ether oxygens (including phenoxy) is 1. The zero-order valence-corrected chi connectivity index (χ0v) is 35.8. The summed E-state index contributed by atoms with van der Waals surface area (Å²) in [5.74, 6) is 3.40. The molecule has 0 aliphatic carbocycles. The topological polar surface area (TPSA) is 46.4 Å². The summed E-state index contributed by atoms with van der Waals surface area (Å²) < 4.78 is 9.00. The first-order valence-electron chi connectivity index (χ1n) is 20.3. The molecule has 0 spiro atoms. The van der Waals surface area contributed by atoms with E-state index < -0.39 is 0 Å². The molecule has 0 fully saturated rings. The molecule has 0 N–H and O–H groups in total. The van der Waals surface area contributed by atoms with Crippen LogP contribution in [0.25, 0.3) is 27.6 Å². The summed E-state index contributed by atoms with van der Waals surface area (Å²) in [4.78, 5) is 14.7. The van der Waals surface area contributed by atoms with Gasteiger partial charge in [-0.25, -0.2) is 9.97 Å². The molecule has 292 valence electrons. The largest absolute Gasteiger partial charge is 0.457 e. The van der Waals surface area contributed by atoms with Crippen LogP contribution in [0.5, 0.6) is 11.5 Å². The maximum absolute atomic E-state index is 6.73. The zero-order valence-electron chi connectivity index (χ0n) is 35.8. The predicted molar refractivity (Wildman–Crippen MR) is 240 cm³/mol. The van der Waals surface area contributed by atoms with Crippen LogP contribution in [0, 0.1) is 0 Å². The van der Waals surface area contributed by atoms with Crippen molar-refractivity contribution in [3.05, 3.63) is 138 Å². The van der Waals surface area contributed by atoms with Crippen LogP contribution >= 0.6 is 0 Å². The first-order valence-corrected chi connectivity index (χ1v) is 20.3. The fraction of sp³-hybridized carbons (Fsp3) is 0.333. The number of hydrogen-bond acceptors (Lipinski definition) is 5. The van der Waals surface area contributed by atoms with Crippen LogP contribution in [-0.2, 0) is 21.7 Å². The number of pyridine rings is 2. The monoisotopic (exact) mass is 755 g/mol. The van der Waals surface area contributed by atoms with E-state index in [4.69, 9.17) is 14.7 Å². The molecule has 0 bridgehead atoms. The van der Waals surface area contributed by atoms with E-state index in [1.807, 2.05) is 24.5 Å². The summed E-state index contributed by atoms with van der Waals surface area (Å²) in [7, 11) is 0. The van der Waals surface area contributed by atoms with Gasteiger partial charge in [0.25, 0.3) is 0 Å². The van der Waals surface area contributed by atoms with E-state index in [0.29, 0.717) is 6.67 Å². The van der Waals surface area contributed by atoms with Crippen LogP contribution in [0.3, 0.4) is 0 Å². The second-order valence-electron chi connectivity index (χ2n) is 19.8. The van der Waals surface area contributed by atoms with E-state index >= 15 is 0 Å². The van der Waals surface area contributed by atoms with Gasteiger partial charge >= 0.3 is 0 Å². The van der Waals surface area contributed by atoms with Gasteiger partial charge < -0.3 is 14.5 Å². The highest BCUT2D eigenvalue weighted by Crippen LogP contribution is 2.50. The molecular formula is C51H57N5O. The Hall–Kier alpha value is -5.62. The lowest BCUT2D eigenvalue weighted by atomic mass is 9.74.